The molecule has 1 aromatic rings. The second-order valence-corrected chi connectivity index (χ2v) is 3.46. The van der Waals surface area contributed by atoms with Crippen LogP contribution in [0.25, 0.3) is 0 Å². The largest absolute Gasteiger partial charge is 0.505 e. The molecule has 0 amide bonds. The van der Waals surface area contributed by atoms with Crippen molar-refractivity contribution in [3.05, 3.63) is 22.4 Å². The average Bonchev–Trinajstić information content (AvgIpc) is 2.12. The van der Waals surface area contributed by atoms with Gasteiger partial charge in [-0.25, -0.2) is 0 Å². The summed E-state index contributed by atoms with van der Waals surface area (Å²) in [5.74, 6) is -0.268. The fourth-order valence-corrected chi connectivity index (χ4v) is 1.29. The first-order chi connectivity index (χ1) is 6.63. The summed E-state index contributed by atoms with van der Waals surface area (Å²) >= 11 is 3.13. The van der Waals surface area contributed by atoms with Crippen LogP contribution in [0.5, 0.6) is 5.75 Å². The van der Waals surface area contributed by atoms with E-state index in [2.05, 4.69) is 20.9 Å². The molecule has 0 aliphatic carbocycles. The molecule has 0 unspecified atom stereocenters. The smallest absolute Gasteiger partial charge is 0.311 e. The number of hydrogen-bond acceptors (Lipinski definition) is 4. The summed E-state index contributed by atoms with van der Waals surface area (Å²) in [6.45, 7) is 2.11. The number of aromatic nitrogens is 1. The maximum atomic E-state index is 11.1. The van der Waals surface area contributed by atoms with Crippen molar-refractivity contribution in [2.75, 3.05) is 6.61 Å². The fourth-order valence-electron chi connectivity index (χ4n) is 0.920. The maximum absolute atomic E-state index is 11.1. The third-order valence-corrected chi connectivity index (χ3v) is 2.16. The topological polar surface area (TPSA) is 59.4 Å². The molecule has 1 aromatic heterocycles. The van der Waals surface area contributed by atoms with Gasteiger partial charge in [0.2, 0.25) is 0 Å². The summed E-state index contributed by atoms with van der Waals surface area (Å²) in [5, 5.41) is 9.16. The van der Waals surface area contributed by atoms with Gasteiger partial charge in [-0.2, -0.15) is 0 Å². The summed E-state index contributed by atoms with van der Waals surface area (Å²) in [6.07, 6.45) is 1.41. The number of carbonyl (C=O) groups is 1. The Hall–Kier alpha value is -1.10. The monoisotopic (exact) mass is 259 g/mol. The van der Waals surface area contributed by atoms with Gasteiger partial charge in [0.25, 0.3) is 0 Å². The van der Waals surface area contributed by atoms with Crippen LogP contribution in [-0.2, 0) is 16.0 Å². The SMILES string of the molecule is CCOC(=O)Cc1cc(Br)c(O)cn1. The van der Waals surface area contributed by atoms with Crippen LogP contribution >= 0.6 is 15.9 Å². The minimum absolute atomic E-state index is 0.0533. The van der Waals surface area contributed by atoms with E-state index >= 15 is 0 Å². The molecule has 0 atom stereocenters. The van der Waals surface area contributed by atoms with Crippen LogP contribution in [0.2, 0.25) is 0 Å². The Kier molecular flexibility index (Phi) is 3.88. The molecule has 1 rings (SSSR count). The van der Waals surface area contributed by atoms with E-state index in [0.717, 1.165) is 0 Å². The number of pyridine rings is 1. The van der Waals surface area contributed by atoms with E-state index in [1.807, 2.05) is 0 Å². The zero-order chi connectivity index (χ0) is 10.6. The van der Waals surface area contributed by atoms with E-state index in [-0.39, 0.29) is 18.1 Å². The summed E-state index contributed by atoms with van der Waals surface area (Å²) in [5.41, 5.74) is 0.563. The summed E-state index contributed by atoms with van der Waals surface area (Å²) in [6, 6.07) is 1.59. The van der Waals surface area contributed by atoms with Gasteiger partial charge in [0.15, 0.2) is 0 Å². The first-order valence-corrected chi connectivity index (χ1v) is 4.91. The number of ether oxygens (including phenoxy) is 1. The minimum atomic E-state index is -0.322. The van der Waals surface area contributed by atoms with Gasteiger partial charge in [-0.1, -0.05) is 0 Å². The first kappa shape index (κ1) is 11.0. The van der Waals surface area contributed by atoms with Crippen molar-refractivity contribution in [2.45, 2.75) is 13.3 Å². The molecule has 0 saturated heterocycles. The molecular formula is C9H10BrNO3. The van der Waals surface area contributed by atoms with Crippen LogP contribution in [0.1, 0.15) is 12.6 Å². The highest BCUT2D eigenvalue weighted by Crippen LogP contribution is 2.22. The molecule has 0 aliphatic heterocycles. The average molecular weight is 260 g/mol. The maximum Gasteiger partial charge on any atom is 0.311 e. The Morgan fingerprint density at radius 3 is 3.00 bits per heavy atom. The molecule has 1 N–H and O–H groups in total. The van der Waals surface area contributed by atoms with Crippen molar-refractivity contribution < 1.29 is 14.6 Å². The lowest BCUT2D eigenvalue weighted by atomic mass is 10.3. The van der Waals surface area contributed by atoms with E-state index in [4.69, 9.17) is 9.84 Å². The first-order valence-electron chi connectivity index (χ1n) is 4.12. The molecule has 0 bridgehead atoms. The van der Waals surface area contributed by atoms with Gasteiger partial charge in [-0.05, 0) is 28.9 Å². The van der Waals surface area contributed by atoms with Crippen molar-refractivity contribution in [1.29, 1.82) is 0 Å². The highest BCUT2D eigenvalue weighted by atomic mass is 79.9. The molecule has 1 heterocycles. The second-order valence-electron chi connectivity index (χ2n) is 2.61. The van der Waals surface area contributed by atoms with Gasteiger partial charge in [0.1, 0.15) is 5.75 Å². The summed E-state index contributed by atoms with van der Waals surface area (Å²) in [4.78, 5) is 14.9. The van der Waals surface area contributed by atoms with Gasteiger partial charge in [0, 0.05) is 0 Å². The van der Waals surface area contributed by atoms with Crippen LogP contribution in [0.3, 0.4) is 0 Å². The van der Waals surface area contributed by atoms with E-state index in [9.17, 15) is 4.79 Å². The zero-order valence-electron chi connectivity index (χ0n) is 7.66. The zero-order valence-corrected chi connectivity index (χ0v) is 9.24. The quantitative estimate of drug-likeness (QED) is 0.839. The molecule has 0 fully saturated rings. The highest BCUT2D eigenvalue weighted by molar-refractivity contribution is 9.10. The Balaban J connectivity index is 2.68. The lowest BCUT2D eigenvalue weighted by Gasteiger charge is -2.02. The standard InChI is InChI=1S/C9H10BrNO3/c1-2-14-9(13)4-6-3-7(10)8(12)5-11-6/h3,5,12H,2,4H2,1H3. The molecule has 76 valence electrons. The van der Waals surface area contributed by atoms with Gasteiger partial charge in [0.05, 0.1) is 29.4 Å². The van der Waals surface area contributed by atoms with Gasteiger partial charge in [-0.3, -0.25) is 9.78 Å². The van der Waals surface area contributed by atoms with E-state index in [0.29, 0.717) is 16.8 Å². The lowest BCUT2D eigenvalue weighted by Crippen LogP contribution is -2.08. The molecule has 4 nitrogen and oxygen atoms in total. The van der Waals surface area contributed by atoms with Crippen molar-refractivity contribution in [3.63, 3.8) is 0 Å². The Morgan fingerprint density at radius 2 is 2.43 bits per heavy atom. The molecule has 5 heteroatoms. The number of halogens is 1. The van der Waals surface area contributed by atoms with Crippen molar-refractivity contribution in [1.82, 2.24) is 4.98 Å². The molecule has 0 aliphatic rings. The van der Waals surface area contributed by atoms with Crippen molar-refractivity contribution in [2.24, 2.45) is 0 Å². The minimum Gasteiger partial charge on any atom is -0.505 e. The molecular weight excluding hydrogens is 250 g/mol. The Bertz CT molecular complexity index is 341. The number of hydrogen-bond donors (Lipinski definition) is 1. The third-order valence-electron chi connectivity index (χ3n) is 1.52. The van der Waals surface area contributed by atoms with Gasteiger partial charge >= 0.3 is 5.97 Å². The highest BCUT2D eigenvalue weighted by Gasteiger charge is 2.07. The number of aromatic hydroxyl groups is 1. The molecule has 0 saturated carbocycles. The second kappa shape index (κ2) is 4.95. The van der Waals surface area contributed by atoms with Gasteiger partial charge < -0.3 is 9.84 Å². The van der Waals surface area contributed by atoms with Crippen LogP contribution < -0.4 is 0 Å². The number of nitrogens with zero attached hydrogens (tertiary/aromatic N) is 1. The number of rotatable bonds is 3. The van der Waals surface area contributed by atoms with E-state index in [1.165, 1.54) is 6.20 Å². The number of carbonyl (C=O) groups excluding carboxylic acids is 1. The van der Waals surface area contributed by atoms with Gasteiger partial charge in [-0.15, -0.1) is 0 Å². The van der Waals surface area contributed by atoms with Crippen molar-refractivity contribution >= 4 is 21.9 Å². The third kappa shape index (κ3) is 2.99. The lowest BCUT2D eigenvalue weighted by molar-refractivity contribution is -0.142. The van der Waals surface area contributed by atoms with E-state index in [1.54, 1.807) is 13.0 Å². The normalized spacial score (nSPS) is 9.86. The number of esters is 1. The molecule has 0 radical (unpaired) electrons. The van der Waals surface area contributed by atoms with Crippen LogP contribution in [0, 0.1) is 0 Å². The predicted octanol–water partition coefficient (Wildman–Crippen LogP) is 1.66. The Morgan fingerprint density at radius 1 is 1.71 bits per heavy atom. The van der Waals surface area contributed by atoms with Crippen LogP contribution in [0.4, 0.5) is 0 Å². The molecule has 0 spiro atoms. The summed E-state index contributed by atoms with van der Waals surface area (Å²) in [7, 11) is 0. The fraction of sp³-hybridized carbons (Fsp3) is 0.333. The summed E-state index contributed by atoms with van der Waals surface area (Å²) < 4.78 is 5.28. The van der Waals surface area contributed by atoms with Crippen LogP contribution in [0.15, 0.2) is 16.7 Å². The predicted molar refractivity (Wildman–Crippen MR) is 53.9 cm³/mol. The molecule has 0 aromatic carbocycles. The van der Waals surface area contributed by atoms with E-state index < -0.39 is 0 Å². The van der Waals surface area contributed by atoms with Crippen molar-refractivity contribution in [3.8, 4) is 5.75 Å². The Labute approximate surface area is 90.0 Å². The molecule has 14 heavy (non-hydrogen) atoms. The van der Waals surface area contributed by atoms with Crippen LogP contribution in [-0.4, -0.2) is 22.7 Å².